The summed E-state index contributed by atoms with van der Waals surface area (Å²) in [6.07, 6.45) is 4.28. The van der Waals surface area contributed by atoms with Gasteiger partial charge in [-0.05, 0) is 30.5 Å². The average Bonchev–Trinajstić information content (AvgIpc) is 2.93. The molecule has 21 heavy (non-hydrogen) atoms. The zero-order chi connectivity index (χ0) is 15.2. The Labute approximate surface area is 122 Å². The minimum Gasteiger partial charge on any atom is -0.480 e. The van der Waals surface area contributed by atoms with E-state index in [1.165, 1.54) is 12.1 Å². The van der Waals surface area contributed by atoms with Crippen LogP contribution < -0.4 is 4.74 Å². The molecule has 1 N–H and O–H groups in total. The number of nitrogens with zero attached hydrogens (tertiary/aromatic N) is 1. The minimum atomic E-state index is -2.84. The standard InChI is InChI=1S/C15H19F2NO3/c16-15(17)21-13-7-5-11(6-8-13)9-18(10-14(19)20)12-3-1-2-4-12/h5-8,12,15H,1-4,9-10H2,(H,19,20). The van der Waals surface area contributed by atoms with Crippen molar-refractivity contribution in [2.45, 2.75) is 44.9 Å². The predicted octanol–water partition coefficient (Wildman–Crippen LogP) is 3.12. The molecule has 1 aliphatic rings. The fourth-order valence-electron chi connectivity index (χ4n) is 2.77. The van der Waals surface area contributed by atoms with Gasteiger partial charge in [0.1, 0.15) is 5.75 Å². The maximum Gasteiger partial charge on any atom is 0.387 e. The lowest BCUT2D eigenvalue weighted by Crippen LogP contribution is -2.37. The van der Waals surface area contributed by atoms with Gasteiger partial charge in [0, 0.05) is 12.6 Å². The first-order valence-corrected chi connectivity index (χ1v) is 7.04. The van der Waals surface area contributed by atoms with Crippen LogP contribution >= 0.6 is 0 Å². The second-order valence-corrected chi connectivity index (χ2v) is 5.26. The van der Waals surface area contributed by atoms with E-state index in [0.717, 1.165) is 31.2 Å². The third kappa shape index (κ3) is 4.97. The van der Waals surface area contributed by atoms with Crippen molar-refractivity contribution in [3.63, 3.8) is 0 Å². The van der Waals surface area contributed by atoms with Gasteiger partial charge < -0.3 is 9.84 Å². The predicted molar refractivity (Wildman–Crippen MR) is 73.4 cm³/mol. The van der Waals surface area contributed by atoms with E-state index < -0.39 is 12.6 Å². The Hall–Kier alpha value is -1.69. The van der Waals surface area contributed by atoms with E-state index in [2.05, 4.69) is 4.74 Å². The highest BCUT2D eigenvalue weighted by Crippen LogP contribution is 2.25. The van der Waals surface area contributed by atoms with Gasteiger partial charge in [-0.25, -0.2) is 0 Å². The SMILES string of the molecule is O=C(O)CN(Cc1ccc(OC(F)F)cc1)C1CCCC1. The van der Waals surface area contributed by atoms with Crippen LogP contribution in [0.3, 0.4) is 0 Å². The average molecular weight is 299 g/mol. The summed E-state index contributed by atoms with van der Waals surface area (Å²) in [6.45, 7) is -2.33. The molecule has 0 aromatic heterocycles. The maximum absolute atomic E-state index is 12.1. The third-order valence-corrected chi connectivity index (χ3v) is 3.71. The highest BCUT2D eigenvalue weighted by atomic mass is 19.3. The highest BCUT2D eigenvalue weighted by molar-refractivity contribution is 5.69. The summed E-state index contributed by atoms with van der Waals surface area (Å²) >= 11 is 0. The van der Waals surface area contributed by atoms with Crippen molar-refractivity contribution in [2.24, 2.45) is 0 Å². The van der Waals surface area contributed by atoms with Crippen LogP contribution in [0.4, 0.5) is 8.78 Å². The van der Waals surface area contributed by atoms with Gasteiger partial charge >= 0.3 is 12.6 Å². The lowest BCUT2D eigenvalue weighted by atomic mass is 10.1. The number of halogens is 2. The number of rotatable bonds is 7. The van der Waals surface area contributed by atoms with E-state index in [1.54, 1.807) is 12.1 Å². The number of carboxylic acids is 1. The Balaban J connectivity index is 2.00. The molecule has 0 amide bonds. The number of alkyl halides is 2. The Morgan fingerprint density at radius 3 is 2.43 bits per heavy atom. The zero-order valence-electron chi connectivity index (χ0n) is 11.7. The number of hydrogen-bond acceptors (Lipinski definition) is 3. The Bertz CT molecular complexity index is 458. The van der Waals surface area contributed by atoms with E-state index >= 15 is 0 Å². The van der Waals surface area contributed by atoms with Gasteiger partial charge in [0.2, 0.25) is 0 Å². The van der Waals surface area contributed by atoms with Crippen LogP contribution in [0.15, 0.2) is 24.3 Å². The number of aliphatic carboxylic acids is 1. The number of hydrogen-bond donors (Lipinski definition) is 1. The molecule has 2 rings (SSSR count). The molecular formula is C15H19F2NO3. The van der Waals surface area contributed by atoms with Gasteiger partial charge in [-0.1, -0.05) is 25.0 Å². The van der Waals surface area contributed by atoms with Gasteiger partial charge in [-0.15, -0.1) is 0 Å². The second kappa shape index (κ2) is 7.36. The van der Waals surface area contributed by atoms with Crippen molar-refractivity contribution >= 4 is 5.97 Å². The molecule has 0 atom stereocenters. The van der Waals surface area contributed by atoms with Gasteiger partial charge in [0.15, 0.2) is 0 Å². The highest BCUT2D eigenvalue weighted by Gasteiger charge is 2.24. The van der Waals surface area contributed by atoms with Crippen molar-refractivity contribution in [1.82, 2.24) is 4.90 Å². The van der Waals surface area contributed by atoms with Crippen LogP contribution in [-0.2, 0) is 11.3 Å². The quantitative estimate of drug-likeness (QED) is 0.840. The first kappa shape index (κ1) is 15.7. The molecule has 0 aliphatic heterocycles. The van der Waals surface area contributed by atoms with Crippen molar-refractivity contribution in [2.75, 3.05) is 6.54 Å². The Morgan fingerprint density at radius 2 is 1.90 bits per heavy atom. The molecule has 0 heterocycles. The van der Waals surface area contributed by atoms with Crippen LogP contribution in [0.2, 0.25) is 0 Å². The number of carboxylic acid groups (broad SMARTS) is 1. The smallest absolute Gasteiger partial charge is 0.387 e. The first-order valence-electron chi connectivity index (χ1n) is 7.04. The van der Waals surface area contributed by atoms with E-state index in [4.69, 9.17) is 5.11 Å². The molecule has 116 valence electrons. The Morgan fingerprint density at radius 1 is 1.29 bits per heavy atom. The normalized spacial score (nSPS) is 15.8. The molecule has 1 fully saturated rings. The van der Waals surface area contributed by atoms with E-state index in [0.29, 0.717) is 6.54 Å². The van der Waals surface area contributed by atoms with E-state index in [-0.39, 0.29) is 18.3 Å². The summed E-state index contributed by atoms with van der Waals surface area (Å²) in [7, 11) is 0. The van der Waals surface area contributed by atoms with Crippen molar-refractivity contribution < 1.29 is 23.4 Å². The summed E-state index contributed by atoms with van der Waals surface area (Å²) in [4.78, 5) is 12.9. The van der Waals surface area contributed by atoms with Gasteiger partial charge in [0.25, 0.3) is 0 Å². The summed E-state index contributed by atoms with van der Waals surface area (Å²) in [6, 6.07) is 6.64. The summed E-state index contributed by atoms with van der Waals surface area (Å²) in [5, 5.41) is 9.02. The second-order valence-electron chi connectivity index (χ2n) is 5.26. The summed E-state index contributed by atoms with van der Waals surface area (Å²) < 4.78 is 28.5. The molecule has 0 unspecified atom stereocenters. The fraction of sp³-hybridized carbons (Fsp3) is 0.533. The molecule has 1 aliphatic carbocycles. The maximum atomic E-state index is 12.1. The molecule has 0 bridgehead atoms. The molecule has 1 aromatic rings. The topological polar surface area (TPSA) is 49.8 Å². The summed E-state index contributed by atoms with van der Waals surface area (Å²) in [5.74, 6) is -0.737. The molecule has 0 spiro atoms. The number of carbonyl (C=O) groups is 1. The lowest BCUT2D eigenvalue weighted by Gasteiger charge is -2.27. The number of benzene rings is 1. The monoisotopic (exact) mass is 299 g/mol. The van der Waals surface area contributed by atoms with Crippen molar-refractivity contribution in [1.29, 1.82) is 0 Å². The fourth-order valence-corrected chi connectivity index (χ4v) is 2.77. The first-order chi connectivity index (χ1) is 10.0. The van der Waals surface area contributed by atoms with Crippen molar-refractivity contribution in [3.8, 4) is 5.75 Å². The molecule has 0 saturated heterocycles. The van der Waals surface area contributed by atoms with E-state index in [1.807, 2.05) is 4.90 Å². The van der Waals surface area contributed by atoms with Crippen LogP contribution in [-0.4, -0.2) is 35.2 Å². The summed E-state index contributed by atoms with van der Waals surface area (Å²) in [5.41, 5.74) is 0.893. The van der Waals surface area contributed by atoms with Crippen LogP contribution in [0.25, 0.3) is 0 Å². The minimum absolute atomic E-state index is 0.0000475. The van der Waals surface area contributed by atoms with Crippen LogP contribution in [0.5, 0.6) is 5.75 Å². The van der Waals surface area contributed by atoms with Crippen molar-refractivity contribution in [3.05, 3.63) is 29.8 Å². The van der Waals surface area contributed by atoms with Gasteiger partial charge in [-0.3, -0.25) is 9.69 Å². The number of ether oxygens (including phenoxy) is 1. The largest absolute Gasteiger partial charge is 0.480 e. The van der Waals surface area contributed by atoms with Crippen LogP contribution in [0, 0.1) is 0 Å². The van der Waals surface area contributed by atoms with E-state index in [9.17, 15) is 13.6 Å². The van der Waals surface area contributed by atoms with Crippen LogP contribution in [0.1, 0.15) is 31.2 Å². The Kier molecular flexibility index (Phi) is 5.50. The molecule has 1 saturated carbocycles. The van der Waals surface area contributed by atoms with Gasteiger partial charge in [0.05, 0.1) is 6.54 Å². The molecule has 4 nitrogen and oxygen atoms in total. The zero-order valence-corrected chi connectivity index (χ0v) is 11.7. The molecule has 6 heteroatoms. The van der Waals surface area contributed by atoms with Gasteiger partial charge in [-0.2, -0.15) is 8.78 Å². The lowest BCUT2D eigenvalue weighted by molar-refractivity contribution is -0.139. The third-order valence-electron chi connectivity index (χ3n) is 3.71. The molecule has 0 radical (unpaired) electrons. The molecule has 1 aromatic carbocycles. The molecular weight excluding hydrogens is 280 g/mol.